The molecule has 1 N–H and O–H groups in total. The summed E-state index contributed by atoms with van der Waals surface area (Å²) in [6.07, 6.45) is 4.82. The highest BCUT2D eigenvalue weighted by atomic mass is 35.5. The summed E-state index contributed by atoms with van der Waals surface area (Å²) in [5.41, 5.74) is 8.46. The minimum absolute atomic E-state index is 0. The molecule has 0 fully saturated rings. The van der Waals surface area contributed by atoms with Gasteiger partial charge >= 0.3 is 0 Å². The Hall–Kier alpha value is -1.42. The molecule has 0 atom stereocenters. The van der Waals surface area contributed by atoms with Gasteiger partial charge in [0.05, 0.1) is 0 Å². The maximum Gasteiger partial charge on any atom is 0.124 e. The van der Waals surface area contributed by atoms with Crippen molar-refractivity contribution in [1.29, 1.82) is 0 Å². The maximum absolute atomic E-state index is 5.06. The predicted molar refractivity (Wildman–Crippen MR) is 104 cm³/mol. The van der Waals surface area contributed by atoms with Crippen LogP contribution in [0.2, 0.25) is 0 Å². The van der Waals surface area contributed by atoms with E-state index in [4.69, 9.17) is 4.98 Å². The van der Waals surface area contributed by atoms with Crippen molar-refractivity contribution in [2.45, 2.75) is 39.2 Å². The van der Waals surface area contributed by atoms with Crippen molar-refractivity contribution in [1.82, 2.24) is 10.3 Å². The molecule has 0 bridgehead atoms. The van der Waals surface area contributed by atoms with E-state index in [1.54, 1.807) is 10.4 Å². The quantitative estimate of drug-likeness (QED) is 0.675. The zero-order valence-electron chi connectivity index (χ0n) is 13.8. The highest BCUT2D eigenvalue weighted by molar-refractivity contribution is 7.19. The van der Waals surface area contributed by atoms with E-state index in [0.717, 1.165) is 19.5 Å². The minimum Gasteiger partial charge on any atom is -0.312 e. The summed E-state index contributed by atoms with van der Waals surface area (Å²) in [4.78, 5) is 7.91. The Balaban J connectivity index is 0.00000146. The van der Waals surface area contributed by atoms with Gasteiger partial charge in [-0.05, 0) is 48.4 Å². The highest BCUT2D eigenvalue weighted by Crippen LogP contribution is 2.44. The Morgan fingerprint density at radius 1 is 1.04 bits per heavy atom. The van der Waals surface area contributed by atoms with Crippen LogP contribution in [0.15, 0.2) is 24.3 Å². The molecule has 124 valence electrons. The summed E-state index contributed by atoms with van der Waals surface area (Å²) < 4.78 is 0. The first-order valence-electron chi connectivity index (χ1n) is 8.55. The summed E-state index contributed by atoms with van der Waals surface area (Å²) in [6, 6.07) is 9.05. The number of hydrogen-bond acceptors (Lipinski definition) is 3. The van der Waals surface area contributed by atoms with Gasteiger partial charge in [0.25, 0.3) is 0 Å². The SMILES string of the molecule is Cc1ccc(-c2c3c(nc4sc5c(c24)CCC5)CCNC3)cc1.Cl. The third kappa shape index (κ3) is 2.38. The van der Waals surface area contributed by atoms with Crippen LogP contribution in [0.25, 0.3) is 21.3 Å². The molecular weight excluding hydrogens is 336 g/mol. The van der Waals surface area contributed by atoms with E-state index in [0.29, 0.717) is 0 Å². The Bertz CT molecular complexity index is 912. The summed E-state index contributed by atoms with van der Waals surface area (Å²) in [7, 11) is 0. The molecule has 1 aliphatic heterocycles. The maximum atomic E-state index is 5.06. The molecule has 3 aromatic rings. The minimum atomic E-state index is 0. The number of rotatable bonds is 1. The number of benzene rings is 1. The molecule has 2 nitrogen and oxygen atoms in total. The van der Waals surface area contributed by atoms with E-state index < -0.39 is 0 Å². The zero-order valence-corrected chi connectivity index (χ0v) is 15.4. The van der Waals surface area contributed by atoms with Crippen molar-refractivity contribution < 1.29 is 0 Å². The van der Waals surface area contributed by atoms with Gasteiger partial charge in [0.15, 0.2) is 0 Å². The van der Waals surface area contributed by atoms with Crippen molar-refractivity contribution in [3.05, 3.63) is 51.5 Å². The molecule has 24 heavy (non-hydrogen) atoms. The largest absolute Gasteiger partial charge is 0.312 e. The highest BCUT2D eigenvalue weighted by Gasteiger charge is 2.26. The molecular formula is C20H21ClN2S. The zero-order chi connectivity index (χ0) is 15.4. The van der Waals surface area contributed by atoms with Crippen molar-refractivity contribution in [2.75, 3.05) is 6.54 Å². The van der Waals surface area contributed by atoms with Crippen molar-refractivity contribution in [3.8, 4) is 11.1 Å². The average Bonchev–Trinajstić information content (AvgIpc) is 3.14. The number of hydrogen-bond donors (Lipinski definition) is 1. The summed E-state index contributed by atoms with van der Waals surface area (Å²) in [5, 5.41) is 5.00. The second-order valence-corrected chi connectivity index (χ2v) is 7.83. The van der Waals surface area contributed by atoms with Gasteiger partial charge in [-0.15, -0.1) is 23.7 Å². The lowest BCUT2D eigenvalue weighted by molar-refractivity contribution is 0.634. The first kappa shape index (κ1) is 16.1. The number of nitrogens with zero attached hydrogens (tertiary/aromatic N) is 1. The Morgan fingerprint density at radius 2 is 1.88 bits per heavy atom. The number of aromatic nitrogens is 1. The van der Waals surface area contributed by atoms with Crippen LogP contribution in [-0.4, -0.2) is 11.5 Å². The fourth-order valence-corrected chi connectivity index (χ4v) is 5.36. The molecule has 4 heteroatoms. The molecule has 0 saturated carbocycles. The number of fused-ring (bicyclic) bond motifs is 4. The lowest BCUT2D eigenvalue weighted by Gasteiger charge is -2.21. The van der Waals surface area contributed by atoms with Gasteiger partial charge < -0.3 is 5.32 Å². The molecule has 1 aliphatic carbocycles. The molecule has 0 spiro atoms. The molecule has 1 aromatic carbocycles. The van der Waals surface area contributed by atoms with Gasteiger partial charge in [-0.2, -0.15) is 0 Å². The molecule has 0 amide bonds. The van der Waals surface area contributed by atoms with Crippen molar-refractivity contribution >= 4 is 34.0 Å². The molecule has 0 radical (unpaired) electrons. The van der Waals surface area contributed by atoms with E-state index in [9.17, 15) is 0 Å². The number of pyridine rings is 1. The average molecular weight is 357 g/mol. The number of nitrogens with one attached hydrogen (secondary N) is 1. The van der Waals surface area contributed by atoms with E-state index in [-0.39, 0.29) is 12.4 Å². The fraction of sp³-hybridized carbons (Fsp3) is 0.350. The van der Waals surface area contributed by atoms with Gasteiger partial charge in [0, 0.05) is 35.5 Å². The van der Waals surface area contributed by atoms with Gasteiger partial charge in [0.2, 0.25) is 0 Å². The summed E-state index contributed by atoms with van der Waals surface area (Å²) >= 11 is 1.94. The fourth-order valence-electron chi connectivity index (χ4n) is 4.07. The Morgan fingerprint density at radius 3 is 2.71 bits per heavy atom. The standard InChI is InChI=1S/C20H20N2S.ClH/c1-12-5-7-13(8-6-12)18-15-11-21-10-9-16(15)22-20-19(18)14-3-2-4-17(14)23-20;/h5-8,21H,2-4,9-11H2,1H3;1H. The first-order valence-corrected chi connectivity index (χ1v) is 9.36. The third-order valence-electron chi connectivity index (χ3n) is 5.22. The Labute approximate surface area is 152 Å². The van der Waals surface area contributed by atoms with Gasteiger partial charge in [-0.25, -0.2) is 4.98 Å². The normalized spacial score (nSPS) is 15.9. The number of aryl methyl sites for hydroxylation is 3. The second kappa shape index (κ2) is 6.14. The van der Waals surface area contributed by atoms with Crippen LogP contribution < -0.4 is 5.32 Å². The van der Waals surface area contributed by atoms with Crippen molar-refractivity contribution in [2.24, 2.45) is 0 Å². The van der Waals surface area contributed by atoms with Crippen LogP contribution in [0, 0.1) is 6.92 Å². The monoisotopic (exact) mass is 356 g/mol. The van der Waals surface area contributed by atoms with Gasteiger partial charge in [-0.1, -0.05) is 29.8 Å². The molecule has 0 unspecified atom stereocenters. The molecule has 2 aromatic heterocycles. The predicted octanol–water partition coefficient (Wildman–Crippen LogP) is 4.83. The van der Waals surface area contributed by atoms with Gasteiger partial charge in [0.1, 0.15) is 4.83 Å². The van der Waals surface area contributed by atoms with E-state index >= 15 is 0 Å². The van der Waals surface area contributed by atoms with E-state index in [1.807, 2.05) is 11.3 Å². The molecule has 2 aliphatic rings. The number of halogens is 1. The number of thiophene rings is 1. The van der Waals surface area contributed by atoms with E-state index in [1.165, 1.54) is 57.4 Å². The second-order valence-electron chi connectivity index (χ2n) is 6.74. The van der Waals surface area contributed by atoms with E-state index in [2.05, 4.69) is 36.5 Å². The smallest absolute Gasteiger partial charge is 0.124 e. The first-order chi connectivity index (χ1) is 11.3. The molecule has 3 heterocycles. The van der Waals surface area contributed by atoms with Gasteiger partial charge in [-0.3, -0.25) is 0 Å². The van der Waals surface area contributed by atoms with Crippen LogP contribution >= 0.6 is 23.7 Å². The Kier molecular flexibility index (Phi) is 4.11. The third-order valence-corrected chi connectivity index (χ3v) is 6.41. The lowest BCUT2D eigenvalue weighted by Crippen LogP contribution is -2.25. The van der Waals surface area contributed by atoms with Crippen LogP contribution in [0.3, 0.4) is 0 Å². The van der Waals surface area contributed by atoms with Crippen LogP contribution in [0.5, 0.6) is 0 Å². The lowest BCUT2D eigenvalue weighted by atomic mass is 9.91. The van der Waals surface area contributed by atoms with Crippen LogP contribution in [0.4, 0.5) is 0 Å². The van der Waals surface area contributed by atoms with Crippen molar-refractivity contribution in [3.63, 3.8) is 0 Å². The molecule has 0 saturated heterocycles. The summed E-state index contributed by atoms with van der Waals surface area (Å²) in [5.74, 6) is 0. The topological polar surface area (TPSA) is 24.9 Å². The summed E-state index contributed by atoms with van der Waals surface area (Å²) in [6.45, 7) is 4.15. The van der Waals surface area contributed by atoms with Crippen LogP contribution in [-0.2, 0) is 25.8 Å². The molecule has 5 rings (SSSR count). The van der Waals surface area contributed by atoms with Crippen LogP contribution in [0.1, 0.15) is 33.7 Å².